The number of carbonyl (C=O) groups is 1. The minimum Gasteiger partial charge on any atom is -0.385 e. The molecule has 2 amide bonds. The zero-order valence-corrected chi connectivity index (χ0v) is 14.8. The number of aliphatic hydroxyl groups is 1. The van der Waals surface area contributed by atoms with Crippen molar-refractivity contribution < 1.29 is 9.90 Å². The van der Waals surface area contributed by atoms with Crippen molar-refractivity contribution in [3.63, 3.8) is 0 Å². The maximum atomic E-state index is 12.4. The van der Waals surface area contributed by atoms with Crippen LogP contribution in [-0.2, 0) is 7.05 Å². The Bertz CT molecular complexity index is 716. The predicted octanol–water partition coefficient (Wildman–Crippen LogP) is 1.57. The van der Waals surface area contributed by atoms with Crippen LogP contribution in [0, 0.1) is 5.92 Å². The van der Waals surface area contributed by atoms with Crippen molar-refractivity contribution in [1.29, 1.82) is 0 Å². The fourth-order valence-corrected chi connectivity index (χ4v) is 3.07. The van der Waals surface area contributed by atoms with E-state index < -0.39 is 6.10 Å². The van der Waals surface area contributed by atoms with Gasteiger partial charge in [-0.25, -0.2) is 14.5 Å². The molecule has 0 aromatic carbocycles. The van der Waals surface area contributed by atoms with Gasteiger partial charge in [0, 0.05) is 38.6 Å². The summed E-state index contributed by atoms with van der Waals surface area (Å²) in [6.07, 6.45) is 6.10. The first-order valence-corrected chi connectivity index (χ1v) is 8.58. The van der Waals surface area contributed by atoms with Crippen LogP contribution in [0.25, 0.3) is 0 Å². The molecule has 0 unspecified atom stereocenters. The molecule has 136 valence electrons. The number of rotatable bonds is 4. The number of nitrogens with zero attached hydrogens (tertiary/aromatic N) is 6. The maximum Gasteiger partial charge on any atom is 0.323 e. The first-order chi connectivity index (χ1) is 12.0. The van der Waals surface area contributed by atoms with Gasteiger partial charge in [0.2, 0.25) is 0 Å². The molecule has 9 heteroatoms. The Morgan fingerprint density at radius 3 is 2.64 bits per heavy atom. The van der Waals surface area contributed by atoms with E-state index in [1.807, 2.05) is 31.7 Å². The van der Waals surface area contributed by atoms with Crippen LogP contribution in [-0.4, -0.2) is 53.7 Å². The van der Waals surface area contributed by atoms with Crippen molar-refractivity contribution in [1.82, 2.24) is 29.4 Å². The molecule has 1 aliphatic heterocycles. The second-order valence-electron chi connectivity index (χ2n) is 6.77. The van der Waals surface area contributed by atoms with Gasteiger partial charge in [0.25, 0.3) is 0 Å². The van der Waals surface area contributed by atoms with E-state index in [0.717, 1.165) is 12.8 Å². The van der Waals surface area contributed by atoms with Crippen LogP contribution in [0.1, 0.15) is 44.7 Å². The van der Waals surface area contributed by atoms with Crippen molar-refractivity contribution in [2.45, 2.75) is 38.8 Å². The molecular formula is C16H25N7O2. The smallest absolute Gasteiger partial charge is 0.323 e. The van der Waals surface area contributed by atoms with E-state index in [2.05, 4.69) is 20.6 Å². The summed E-state index contributed by atoms with van der Waals surface area (Å²) in [5, 5.41) is 21.2. The fraction of sp³-hybridized carbons (Fsp3) is 0.625. The number of aryl methyl sites for hydroxylation is 1. The van der Waals surface area contributed by atoms with Crippen LogP contribution < -0.4 is 5.32 Å². The highest BCUT2D eigenvalue weighted by atomic mass is 16.3. The quantitative estimate of drug-likeness (QED) is 0.874. The number of hydrogen-bond acceptors (Lipinski definition) is 5. The van der Waals surface area contributed by atoms with E-state index in [9.17, 15) is 9.90 Å². The van der Waals surface area contributed by atoms with Crippen molar-refractivity contribution in [2.75, 3.05) is 18.4 Å². The van der Waals surface area contributed by atoms with Crippen molar-refractivity contribution >= 4 is 11.8 Å². The Labute approximate surface area is 146 Å². The zero-order chi connectivity index (χ0) is 18.0. The second kappa shape index (κ2) is 7.22. The first kappa shape index (κ1) is 17.4. The van der Waals surface area contributed by atoms with Crippen LogP contribution in [0.15, 0.2) is 18.6 Å². The van der Waals surface area contributed by atoms with E-state index in [4.69, 9.17) is 0 Å². The summed E-state index contributed by atoms with van der Waals surface area (Å²) < 4.78 is 3.53. The first-order valence-electron chi connectivity index (χ1n) is 8.58. The predicted molar refractivity (Wildman–Crippen MR) is 91.9 cm³/mol. The highest BCUT2D eigenvalue weighted by Crippen LogP contribution is 2.29. The molecule has 9 nitrogen and oxygen atoms in total. The lowest BCUT2D eigenvalue weighted by molar-refractivity contribution is 0.0599. The second-order valence-corrected chi connectivity index (χ2v) is 6.77. The number of urea groups is 1. The molecule has 2 N–H and O–H groups in total. The summed E-state index contributed by atoms with van der Waals surface area (Å²) in [7, 11) is 1.87. The summed E-state index contributed by atoms with van der Waals surface area (Å²) in [6, 6.07) is 0.0160. The molecule has 1 atom stereocenters. The monoisotopic (exact) mass is 347 g/mol. The highest BCUT2D eigenvalue weighted by Gasteiger charge is 2.30. The number of likely N-dealkylation sites (tertiary alicyclic amines) is 1. The van der Waals surface area contributed by atoms with Gasteiger partial charge < -0.3 is 14.6 Å². The van der Waals surface area contributed by atoms with Crippen LogP contribution in [0.5, 0.6) is 0 Å². The van der Waals surface area contributed by atoms with Crippen molar-refractivity contribution in [2.24, 2.45) is 13.0 Å². The number of carbonyl (C=O) groups excluding carboxylic acids is 1. The number of nitrogens with one attached hydrogen (secondary N) is 1. The lowest BCUT2D eigenvalue weighted by Crippen LogP contribution is -2.42. The van der Waals surface area contributed by atoms with Gasteiger partial charge >= 0.3 is 6.03 Å². The molecule has 1 fully saturated rings. The van der Waals surface area contributed by atoms with Gasteiger partial charge in [0.15, 0.2) is 5.82 Å². The highest BCUT2D eigenvalue weighted by molar-refractivity contribution is 5.88. The number of piperidine rings is 1. The number of aliphatic hydroxyl groups excluding tert-OH is 1. The summed E-state index contributed by atoms with van der Waals surface area (Å²) in [5.74, 6) is 1.23. The topological polar surface area (TPSA) is 101 Å². The van der Waals surface area contributed by atoms with E-state index >= 15 is 0 Å². The molecule has 1 aliphatic rings. The van der Waals surface area contributed by atoms with Crippen molar-refractivity contribution in [3.05, 3.63) is 24.4 Å². The van der Waals surface area contributed by atoms with E-state index in [-0.39, 0.29) is 18.0 Å². The molecule has 1 saturated heterocycles. The number of anilines is 1. The minimum absolute atomic E-state index is 0.104. The molecule has 25 heavy (non-hydrogen) atoms. The summed E-state index contributed by atoms with van der Waals surface area (Å²) >= 11 is 0. The van der Waals surface area contributed by atoms with E-state index in [1.165, 1.54) is 0 Å². The van der Waals surface area contributed by atoms with E-state index in [1.54, 1.807) is 22.0 Å². The van der Waals surface area contributed by atoms with Gasteiger partial charge in [0.05, 0.1) is 6.20 Å². The molecule has 3 heterocycles. The molecule has 0 spiro atoms. The molecule has 2 aromatic rings. The van der Waals surface area contributed by atoms with Crippen LogP contribution in [0.4, 0.5) is 10.6 Å². The van der Waals surface area contributed by atoms with Gasteiger partial charge in [-0.3, -0.25) is 5.32 Å². The number of amides is 2. The van der Waals surface area contributed by atoms with Crippen molar-refractivity contribution in [3.8, 4) is 0 Å². The third kappa shape index (κ3) is 3.81. The molecule has 0 radical (unpaired) electrons. The summed E-state index contributed by atoms with van der Waals surface area (Å²) in [4.78, 5) is 18.3. The average Bonchev–Trinajstić information content (AvgIpc) is 3.23. The van der Waals surface area contributed by atoms with Gasteiger partial charge in [-0.2, -0.15) is 0 Å². The standard InChI is InChI=1S/C16H25N7O2/c1-11(2)23-10-13(19-20-23)18-16(25)22-7-4-12(5-8-22)14(24)15-17-6-9-21(15)3/h6,9-12,14,24H,4-5,7-8H2,1-3H3,(H,18,25)/t14-/m0/s1. The van der Waals surface area contributed by atoms with Gasteiger partial charge in [-0.05, 0) is 32.6 Å². The third-order valence-electron chi connectivity index (χ3n) is 4.67. The normalized spacial score (nSPS) is 17.1. The van der Waals surface area contributed by atoms with Crippen LogP contribution in [0.2, 0.25) is 0 Å². The average molecular weight is 347 g/mol. The Hall–Kier alpha value is -2.42. The molecule has 0 bridgehead atoms. The SMILES string of the molecule is CC(C)n1cc(NC(=O)N2CCC([C@H](O)c3nccn3C)CC2)nn1. The Morgan fingerprint density at radius 1 is 1.36 bits per heavy atom. The maximum absolute atomic E-state index is 12.4. The largest absolute Gasteiger partial charge is 0.385 e. The third-order valence-corrected chi connectivity index (χ3v) is 4.67. The Balaban J connectivity index is 1.53. The molecule has 0 aliphatic carbocycles. The fourth-order valence-electron chi connectivity index (χ4n) is 3.07. The molecular weight excluding hydrogens is 322 g/mol. The minimum atomic E-state index is -0.601. The number of imidazole rings is 1. The molecule has 2 aromatic heterocycles. The van der Waals surface area contributed by atoms with E-state index in [0.29, 0.717) is 24.7 Å². The Morgan fingerprint density at radius 2 is 2.08 bits per heavy atom. The zero-order valence-electron chi connectivity index (χ0n) is 14.8. The Kier molecular flexibility index (Phi) is 5.03. The van der Waals surface area contributed by atoms with Gasteiger partial charge in [-0.15, -0.1) is 5.10 Å². The molecule has 3 rings (SSSR count). The number of hydrogen-bond donors (Lipinski definition) is 2. The summed E-state index contributed by atoms with van der Waals surface area (Å²) in [6.45, 7) is 5.18. The van der Waals surface area contributed by atoms with Crippen LogP contribution >= 0.6 is 0 Å². The lowest BCUT2D eigenvalue weighted by Gasteiger charge is -2.33. The van der Waals surface area contributed by atoms with Crippen LogP contribution in [0.3, 0.4) is 0 Å². The number of aromatic nitrogens is 5. The van der Waals surface area contributed by atoms with Gasteiger partial charge in [0.1, 0.15) is 11.9 Å². The van der Waals surface area contributed by atoms with Gasteiger partial charge in [-0.1, -0.05) is 5.21 Å². The lowest BCUT2D eigenvalue weighted by atomic mass is 9.91. The molecule has 0 saturated carbocycles. The summed E-state index contributed by atoms with van der Waals surface area (Å²) in [5.41, 5.74) is 0.